The van der Waals surface area contributed by atoms with Crippen molar-refractivity contribution in [2.45, 2.75) is 33.1 Å². The van der Waals surface area contributed by atoms with E-state index in [4.69, 9.17) is 9.47 Å². The number of rotatable bonds is 6. The Bertz CT molecular complexity index is 1160. The van der Waals surface area contributed by atoms with Gasteiger partial charge < -0.3 is 14.4 Å². The minimum absolute atomic E-state index is 0.578. The Morgan fingerprint density at radius 1 is 1.00 bits per heavy atom. The molecule has 3 aliphatic rings. The molecule has 4 nitrogen and oxygen atoms in total. The van der Waals surface area contributed by atoms with Crippen LogP contribution in [0.25, 0.3) is 0 Å². The molecule has 0 atom stereocenters. The lowest BCUT2D eigenvalue weighted by atomic mass is 9.95. The van der Waals surface area contributed by atoms with E-state index >= 15 is 0 Å². The van der Waals surface area contributed by atoms with Gasteiger partial charge in [-0.3, -0.25) is 4.90 Å². The number of ether oxygens (including phenoxy) is 2. The van der Waals surface area contributed by atoms with Gasteiger partial charge in [-0.1, -0.05) is 78.0 Å². The molecule has 4 heteroatoms. The van der Waals surface area contributed by atoms with Crippen molar-refractivity contribution in [3.05, 3.63) is 125 Å². The molecule has 1 aromatic rings. The molecule has 38 heavy (non-hydrogen) atoms. The van der Waals surface area contributed by atoms with Crippen LogP contribution >= 0.6 is 0 Å². The van der Waals surface area contributed by atoms with Gasteiger partial charge >= 0.3 is 0 Å². The second-order valence-electron chi connectivity index (χ2n) is 9.43. The van der Waals surface area contributed by atoms with Gasteiger partial charge in [0.25, 0.3) is 0 Å². The van der Waals surface area contributed by atoms with E-state index in [2.05, 4.69) is 109 Å². The van der Waals surface area contributed by atoms with E-state index in [1.165, 1.54) is 28.0 Å². The minimum atomic E-state index is 0.578. The normalized spacial score (nSPS) is 26.4. The maximum absolute atomic E-state index is 6.17. The first kappa shape index (κ1) is 28.6. The summed E-state index contributed by atoms with van der Waals surface area (Å²) in [5, 5.41) is 0. The lowest BCUT2D eigenvalue weighted by molar-refractivity contribution is 0.108. The van der Waals surface area contributed by atoms with Gasteiger partial charge in [-0.2, -0.15) is 0 Å². The van der Waals surface area contributed by atoms with Gasteiger partial charge in [0.15, 0.2) is 6.73 Å². The Kier molecular flexibility index (Phi) is 12.1. The molecular weight excluding hydrogens is 468 g/mol. The molecule has 198 valence electrons. The highest BCUT2D eigenvalue weighted by Crippen LogP contribution is 2.29. The van der Waals surface area contributed by atoms with E-state index in [1.807, 2.05) is 19.1 Å². The average molecular weight is 509 g/mol. The maximum atomic E-state index is 6.17. The highest BCUT2D eigenvalue weighted by atomic mass is 16.5. The molecule has 0 spiro atoms. The third-order valence-electron chi connectivity index (χ3n) is 6.38. The van der Waals surface area contributed by atoms with Crippen molar-refractivity contribution in [2.24, 2.45) is 0 Å². The summed E-state index contributed by atoms with van der Waals surface area (Å²) in [6, 6.07) is 10.5. The van der Waals surface area contributed by atoms with Gasteiger partial charge in [0.2, 0.25) is 0 Å². The molecule has 0 amide bonds. The van der Waals surface area contributed by atoms with Crippen LogP contribution in [0.5, 0.6) is 0 Å². The van der Waals surface area contributed by atoms with Crippen molar-refractivity contribution in [1.82, 2.24) is 4.90 Å². The zero-order valence-corrected chi connectivity index (χ0v) is 22.8. The number of allylic oxidation sites excluding steroid dienone is 11. The van der Waals surface area contributed by atoms with Crippen molar-refractivity contribution >= 4 is 5.69 Å². The molecule has 1 saturated heterocycles. The van der Waals surface area contributed by atoms with Crippen LogP contribution < -0.4 is 4.90 Å². The number of anilines is 1. The van der Waals surface area contributed by atoms with Crippen LogP contribution in [0, 0.1) is 12.8 Å². The minimum Gasteiger partial charge on any atom is -0.486 e. The molecular formula is C34H40N2O2. The molecule has 0 N–H and O–H groups in total. The van der Waals surface area contributed by atoms with Crippen molar-refractivity contribution in [3.63, 3.8) is 0 Å². The highest BCUT2D eigenvalue weighted by molar-refractivity contribution is 5.50. The molecule has 1 aromatic carbocycles. The second-order valence-corrected chi connectivity index (χ2v) is 9.43. The lowest BCUT2D eigenvalue weighted by Gasteiger charge is -2.33. The fourth-order valence-electron chi connectivity index (χ4n) is 4.61. The topological polar surface area (TPSA) is 24.9 Å². The molecule has 0 unspecified atom stereocenters. The molecule has 1 fully saturated rings. The van der Waals surface area contributed by atoms with Gasteiger partial charge in [-0.25, -0.2) is 0 Å². The number of para-hydroxylation sites is 1. The predicted octanol–water partition coefficient (Wildman–Crippen LogP) is 7.46. The first-order chi connectivity index (χ1) is 18.7. The largest absolute Gasteiger partial charge is 0.486 e. The fraction of sp³-hybridized carbons (Fsp3) is 0.294. The third-order valence-corrected chi connectivity index (χ3v) is 6.38. The Hall–Kier alpha value is -3.94. The third kappa shape index (κ3) is 9.18. The number of terminal acetylenes is 1. The number of nitrogens with zero attached hydrogens (tertiary/aromatic N) is 2. The summed E-state index contributed by atoms with van der Waals surface area (Å²) in [6.45, 7) is 8.02. The van der Waals surface area contributed by atoms with E-state index in [1.54, 1.807) is 6.26 Å². The van der Waals surface area contributed by atoms with E-state index in [-0.39, 0.29) is 0 Å². The summed E-state index contributed by atoms with van der Waals surface area (Å²) in [5.74, 6) is 1.00. The number of fused-ring (bicyclic) bond motifs is 1. The van der Waals surface area contributed by atoms with E-state index < -0.39 is 0 Å². The molecule has 1 aliphatic carbocycles. The number of benzene rings is 1. The van der Waals surface area contributed by atoms with Crippen LogP contribution in [0.1, 0.15) is 33.1 Å². The molecule has 0 saturated carbocycles. The standard InChI is InChI=1S/C32H38N2O2.C2H2/c1-3-4-5-9-19-33-23-27(2)21-29(13-11-20-35-25-33)22-28-12-10-14-30-24-34(26-36-32(30)18-17-28)31-15-7-6-8-16-31;1-2/h3-9,11,13-18,20-21H,10,12,19,22-26H2,1-2H3;1-2H/b4-3-,9-5-,20-11+,27-21+,28-17+,29-13+,30-14-,32-18+;. The number of hydrogen-bond donors (Lipinski definition) is 0. The summed E-state index contributed by atoms with van der Waals surface area (Å²) in [4.78, 5) is 4.58. The van der Waals surface area contributed by atoms with Gasteiger partial charge in [-0.15, -0.1) is 12.8 Å². The summed E-state index contributed by atoms with van der Waals surface area (Å²) < 4.78 is 11.9. The summed E-state index contributed by atoms with van der Waals surface area (Å²) in [6.07, 6.45) is 34.4. The highest BCUT2D eigenvalue weighted by Gasteiger charge is 2.20. The monoisotopic (exact) mass is 508 g/mol. The Balaban J connectivity index is 0.00000195. The molecule has 2 heterocycles. The predicted molar refractivity (Wildman–Crippen MR) is 160 cm³/mol. The van der Waals surface area contributed by atoms with Gasteiger partial charge in [0.1, 0.15) is 12.5 Å². The van der Waals surface area contributed by atoms with E-state index in [0.717, 1.165) is 44.7 Å². The maximum Gasteiger partial charge on any atom is 0.161 e. The summed E-state index contributed by atoms with van der Waals surface area (Å²) in [5.41, 5.74) is 6.53. The average Bonchev–Trinajstić information content (AvgIpc) is 2.94. The second kappa shape index (κ2) is 16.0. The summed E-state index contributed by atoms with van der Waals surface area (Å²) >= 11 is 0. The lowest BCUT2D eigenvalue weighted by Crippen LogP contribution is -2.34. The van der Waals surface area contributed by atoms with Gasteiger partial charge in [-0.05, 0) is 63.0 Å². The zero-order valence-electron chi connectivity index (χ0n) is 22.8. The Morgan fingerprint density at radius 2 is 1.84 bits per heavy atom. The molecule has 2 aliphatic heterocycles. The van der Waals surface area contributed by atoms with Crippen LogP contribution in [0.2, 0.25) is 0 Å². The molecule has 0 bridgehead atoms. The van der Waals surface area contributed by atoms with Gasteiger partial charge in [0.05, 0.1) is 6.26 Å². The summed E-state index contributed by atoms with van der Waals surface area (Å²) in [7, 11) is 0. The van der Waals surface area contributed by atoms with Crippen LogP contribution in [-0.2, 0) is 9.47 Å². The van der Waals surface area contributed by atoms with Crippen molar-refractivity contribution < 1.29 is 9.47 Å². The van der Waals surface area contributed by atoms with E-state index in [0.29, 0.717) is 13.5 Å². The SMILES string of the molecule is C#C.C/C=C\C=C/CN1CO/C=C/C=C(C/C2=C/C=C3/OCN(c4ccccc4)C/C3=C/CC2)\C=C(/C)C1. The number of hydrogen-bond acceptors (Lipinski definition) is 4. The van der Waals surface area contributed by atoms with Crippen LogP contribution in [0.3, 0.4) is 0 Å². The zero-order chi connectivity index (χ0) is 27.0. The fourth-order valence-corrected chi connectivity index (χ4v) is 4.61. The smallest absolute Gasteiger partial charge is 0.161 e. The molecule has 0 radical (unpaired) electrons. The van der Waals surface area contributed by atoms with Crippen LogP contribution in [0.15, 0.2) is 125 Å². The van der Waals surface area contributed by atoms with Crippen LogP contribution in [0.4, 0.5) is 5.69 Å². The first-order valence-corrected chi connectivity index (χ1v) is 13.2. The Morgan fingerprint density at radius 3 is 2.66 bits per heavy atom. The quantitative estimate of drug-likeness (QED) is 0.294. The Labute approximate surface area is 229 Å². The van der Waals surface area contributed by atoms with E-state index in [9.17, 15) is 0 Å². The van der Waals surface area contributed by atoms with Gasteiger partial charge in [0, 0.05) is 30.9 Å². The molecule has 0 aromatic heterocycles. The molecule has 4 rings (SSSR count). The van der Waals surface area contributed by atoms with Crippen molar-refractivity contribution in [3.8, 4) is 12.8 Å². The van der Waals surface area contributed by atoms with Crippen LogP contribution in [-0.4, -0.2) is 38.0 Å². The van der Waals surface area contributed by atoms with Crippen molar-refractivity contribution in [1.29, 1.82) is 0 Å². The van der Waals surface area contributed by atoms with Crippen molar-refractivity contribution in [2.75, 3.05) is 38.0 Å². The first-order valence-electron chi connectivity index (χ1n) is 13.2.